The number of fused-ring (bicyclic) bond motifs is 5. The Bertz CT molecular complexity index is 6920. The van der Waals surface area contributed by atoms with Crippen LogP contribution in [0.4, 0.5) is 0 Å². The summed E-state index contributed by atoms with van der Waals surface area (Å²) in [6.07, 6.45) is 13.4. The molecule has 0 fully saturated rings. The number of carboxylic acids is 1. The zero-order valence-electron chi connectivity index (χ0n) is 85.8. The summed E-state index contributed by atoms with van der Waals surface area (Å²) in [5.41, 5.74) is 18.1. The summed E-state index contributed by atoms with van der Waals surface area (Å²) in [7, 11) is -2.83. The molecular weight excluding hydrogens is 1920 g/mol. The molecule has 14 rings (SSSR count). The molecule has 2 aliphatic heterocycles. The molecule has 5 atom stereocenters. The molecule has 0 radical (unpaired) electrons. The van der Waals surface area contributed by atoms with E-state index in [9.17, 15) is 59.1 Å². The zero-order chi connectivity index (χ0) is 104. The first kappa shape index (κ1) is 118. The third-order valence-corrected chi connectivity index (χ3v) is 32.2. The fourth-order valence-corrected chi connectivity index (χ4v) is 22.9. The van der Waals surface area contributed by atoms with E-state index in [1.165, 1.54) is 12.9 Å². The van der Waals surface area contributed by atoms with Crippen molar-refractivity contribution in [1.82, 2.24) is 73.8 Å². The van der Waals surface area contributed by atoms with Gasteiger partial charge in [-0.3, -0.25) is 28.8 Å². The van der Waals surface area contributed by atoms with Crippen molar-refractivity contribution < 1.29 is 78.1 Å². The van der Waals surface area contributed by atoms with Crippen LogP contribution in [-0.2, 0) is 112 Å². The number of aliphatic carboxylic acids is 1. The molecule has 0 spiro atoms. The number of amides is 3. The maximum Gasteiger partial charge on any atom is 0.304 e. The van der Waals surface area contributed by atoms with Crippen LogP contribution in [0.3, 0.4) is 0 Å². The van der Waals surface area contributed by atoms with Crippen molar-refractivity contribution in [2.24, 2.45) is 21.1 Å². The number of benzene rings is 9. The number of carboxylic acid groups (broad SMARTS) is 1. The predicted molar refractivity (Wildman–Crippen MR) is 576 cm³/mol. The minimum absolute atomic E-state index is 0. The lowest BCUT2D eigenvalue weighted by Gasteiger charge is -2.24. The number of aryl methyl sites for hydroxylation is 9. The minimum Gasteiger partial charge on any atom is -0.494 e. The second-order valence-corrected chi connectivity index (χ2v) is 43.7. The average Bonchev–Trinajstić information content (AvgIpc) is 1.70. The fraction of sp³-hybridized carbons (Fsp3) is 0.464. The molecule has 32 nitrogen and oxygen atoms in total. The number of nitrogens with zero attached hydrogens (tertiary/aromatic N) is 12. The van der Waals surface area contributed by atoms with Gasteiger partial charge >= 0.3 is 5.97 Å². The van der Waals surface area contributed by atoms with Crippen molar-refractivity contribution in [2.75, 3.05) is 53.5 Å². The van der Waals surface area contributed by atoms with Gasteiger partial charge in [0.25, 0.3) is 0 Å². The highest BCUT2D eigenvalue weighted by molar-refractivity contribution is 7.89. The Labute approximate surface area is 868 Å². The van der Waals surface area contributed by atoms with Crippen molar-refractivity contribution in [1.29, 1.82) is 0 Å². The van der Waals surface area contributed by atoms with Crippen molar-refractivity contribution in [3.05, 3.63) is 241 Å². The number of rotatable bonds is 45. The first-order valence-electron chi connectivity index (χ1n) is 49.8. The van der Waals surface area contributed by atoms with Gasteiger partial charge in [0, 0.05) is 117 Å². The maximum atomic E-state index is 14.1. The molecule has 3 amide bonds. The van der Waals surface area contributed by atoms with Crippen LogP contribution in [0.15, 0.2) is 172 Å². The molecular formula is C112H151N15O17S3. The van der Waals surface area contributed by atoms with Crippen LogP contribution >= 0.6 is 0 Å². The van der Waals surface area contributed by atoms with Gasteiger partial charge in [-0.1, -0.05) is 175 Å². The molecule has 12 aromatic rings. The number of carbonyl (C=O) groups is 6. The summed E-state index contributed by atoms with van der Waals surface area (Å²) in [5, 5.41) is 44.1. The zero-order valence-corrected chi connectivity index (χ0v) is 88.2. The molecule has 9 aromatic carbocycles. The first-order valence-corrected chi connectivity index (χ1v) is 54.1. The van der Waals surface area contributed by atoms with E-state index in [0.717, 1.165) is 178 Å². The number of nitrogens with one attached hydrogen (secondary N) is 3. The highest BCUT2D eigenvalue weighted by atomic mass is 32.2. The molecule has 4 N–H and O–H groups in total. The Morgan fingerprint density at radius 3 is 1.45 bits per heavy atom. The third kappa shape index (κ3) is 30.6. The van der Waals surface area contributed by atoms with Crippen LogP contribution in [0.2, 0.25) is 0 Å². The molecule has 35 heteroatoms. The lowest BCUT2D eigenvalue weighted by atomic mass is 9.83. The van der Waals surface area contributed by atoms with E-state index in [1.807, 2.05) is 179 Å². The Hall–Kier alpha value is -12.7. The van der Waals surface area contributed by atoms with Gasteiger partial charge in [-0.05, 0) is 263 Å². The standard InChI is InChI=1S/C38H49N5O5S.C36H47N5O5S.C35H43N5O7S.3CH4/c1-7-37(45)39-19-11-9-8-10-12-29-14-18-36-35(21-29)48-27(4)23-43(49(36,46)47)24-31-22-30(15-13-25(31)2)33(20-26(3)44)32-16-17-34-38(28(32)5)40-41-42(34)6;1-7-35(43)37-19-11-9-8-10-12-27-14-17-31(18-15-27)47(44,45)40(4)24-30-21-28(16-13-25(30)2)32(20-26(3)42)29-22-33-36(34(23-29)46-6)41(5)39-38-33;1-5-33(41)36-15-9-6-10-16-46-31-19-26(18-29-35(31)39(4)38-37-29)28(20-34(42)43)25-14-13-23(2)27(17-25)22-40-21-24(3)47-30-11-7-8-12-32(30)48(40,44)45;;;/h13-18,21-22,27,33H,7-12,19-20,23-24H2,1-6H3,(H,39,45);13-18,21-23,32H,7-12,19-20,24H2,1-6H3,(H,37,43);7-8,11-14,17-19,24,28H,5-6,9-10,15-16,20-22H2,1-4H3,(H,36,41)(H,42,43);3*1H4/t27-,33+;32-;24-,28+;;;/m101.../s1. The largest absolute Gasteiger partial charge is 0.494 e. The van der Waals surface area contributed by atoms with E-state index in [2.05, 4.69) is 53.0 Å². The Morgan fingerprint density at radius 2 is 0.932 bits per heavy atom. The lowest BCUT2D eigenvalue weighted by molar-refractivity contribution is -0.137. The van der Waals surface area contributed by atoms with E-state index in [-0.39, 0.29) is 136 Å². The molecule has 147 heavy (non-hydrogen) atoms. The van der Waals surface area contributed by atoms with Crippen LogP contribution in [0.1, 0.15) is 281 Å². The third-order valence-electron chi connectivity index (χ3n) is 26.7. The number of carbonyl (C=O) groups excluding carboxylic acids is 5. The molecule has 0 bridgehead atoms. The first-order chi connectivity index (χ1) is 68.8. The minimum atomic E-state index is -3.86. The van der Waals surface area contributed by atoms with Gasteiger partial charge in [-0.15, -0.1) is 15.3 Å². The van der Waals surface area contributed by atoms with Gasteiger partial charge in [0.05, 0.1) is 43.6 Å². The van der Waals surface area contributed by atoms with Gasteiger partial charge < -0.3 is 40.0 Å². The number of sulfonamides is 3. The summed E-state index contributed by atoms with van der Waals surface area (Å²) in [4.78, 5) is 72.0. The van der Waals surface area contributed by atoms with Gasteiger partial charge in [0.1, 0.15) is 84.1 Å². The molecule has 794 valence electrons. The number of methoxy groups -OCH3 is 1. The van der Waals surface area contributed by atoms with Gasteiger partial charge in [-0.25, -0.2) is 39.3 Å². The van der Waals surface area contributed by atoms with Crippen LogP contribution in [0.25, 0.3) is 33.1 Å². The van der Waals surface area contributed by atoms with E-state index in [4.69, 9.17) is 18.9 Å². The van der Waals surface area contributed by atoms with Crippen molar-refractivity contribution in [3.8, 4) is 23.0 Å². The maximum absolute atomic E-state index is 14.1. The summed E-state index contributed by atoms with van der Waals surface area (Å²) in [6.45, 7) is 23.6. The normalized spacial score (nSPS) is 14.8. The van der Waals surface area contributed by atoms with E-state index < -0.39 is 42.0 Å². The fourth-order valence-electron chi connectivity index (χ4n) is 18.5. The SMILES string of the molecule is C.C.C.CCC(=O)NCCCCCCc1ccc(S(=O)(=O)N(C)Cc2cc([C@H](CC(C)=O)c3cc(OC)c4c(c3)nnn4C)ccc2C)cc1.CCC(=O)NCCCCCCc1ccc2c(c1)O[C@H](C)CN(Cc1cc([C@H](CC(C)=O)c3ccc4c(nnn4C)c3C)ccc1C)S2(=O)=O.CCC(=O)NCCCCCOc1cc([C@@H](CC(=O)O)c2ccc(C)c(CN3C[C@@H](C)Oc4ccccc4S3(=O)=O)c2)cc2nnn(C)c12. The lowest BCUT2D eigenvalue weighted by Crippen LogP contribution is -2.35. The number of ether oxygens (including phenoxy) is 4. The Balaban J connectivity index is 0.000000243. The second kappa shape index (κ2) is 54.3. The summed E-state index contributed by atoms with van der Waals surface area (Å²) in [5.74, 6) is 0.184. The van der Waals surface area contributed by atoms with E-state index in [0.29, 0.717) is 97.0 Å². The van der Waals surface area contributed by atoms with E-state index in [1.54, 1.807) is 98.6 Å². The number of para-hydroxylation sites is 1. The highest BCUT2D eigenvalue weighted by Gasteiger charge is 2.38. The molecule has 3 aromatic heterocycles. The number of ketones is 2. The van der Waals surface area contributed by atoms with Gasteiger partial charge in [-0.2, -0.15) is 12.9 Å². The van der Waals surface area contributed by atoms with Crippen LogP contribution in [0, 0.1) is 27.7 Å². The molecule has 0 aliphatic carbocycles. The topological polar surface area (TPSA) is 400 Å². The Kier molecular flexibility index (Phi) is 43.6. The smallest absolute Gasteiger partial charge is 0.304 e. The Morgan fingerprint density at radius 1 is 0.490 bits per heavy atom. The second-order valence-electron chi connectivity index (χ2n) is 37.8. The predicted octanol–water partition coefficient (Wildman–Crippen LogP) is 19.0. The molecule has 2 aliphatic rings. The quantitative estimate of drug-likeness (QED) is 0.0258. The van der Waals surface area contributed by atoms with Gasteiger partial charge in [0.2, 0.25) is 47.8 Å². The van der Waals surface area contributed by atoms with Crippen molar-refractivity contribution in [2.45, 2.75) is 285 Å². The van der Waals surface area contributed by atoms with Crippen molar-refractivity contribution >= 4 is 98.4 Å². The number of unbranched alkanes of at least 4 members (excludes halogenated alkanes) is 8. The summed E-state index contributed by atoms with van der Waals surface area (Å²) in [6, 6.07) is 48.6. The van der Waals surface area contributed by atoms with Crippen LogP contribution in [-0.4, -0.2) is 189 Å². The summed E-state index contributed by atoms with van der Waals surface area (Å²) < 4.78 is 116. The molecule has 0 saturated heterocycles. The number of hydrogen-bond donors (Lipinski definition) is 4. The van der Waals surface area contributed by atoms with Crippen LogP contribution < -0.4 is 34.9 Å². The monoisotopic (exact) mass is 2070 g/mol. The summed E-state index contributed by atoms with van der Waals surface area (Å²) >= 11 is 0. The van der Waals surface area contributed by atoms with Crippen molar-refractivity contribution in [3.63, 3.8) is 0 Å². The number of hydrogen-bond acceptors (Lipinski definition) is 22. The molecule has 0 unspecified atom stereocenters. The molecule has 0 saturated carbocycles. The molecule has 5 heterocycles. The highest BCUT2D eigenvalue weighted by Crippen LogP contribution is 2.43. The average molecular weight is 2080 g/mol. The van der Waals surface area contributed by atoms with E-state index >= 15 is 0 Å². The van der Waals surface area contributed by atoms with Gasteiger partial charge in [0.15, 0.2) is 0 Å². The number of aromatic nitrogens is 9. The van der Waals surface area contributed by atoms with Crippen LogP contribution in [0.5, 0.6) is 23.0 Å². The number of Topliss-reactive ketones (excluding diaryl/α,β-unsaturated/α-hetero) is 2.